The molecule has 3 nitrogen and oxygen atoms in total. The molecular formula is C10H15NO2. The van der Waals surface area contributed by atoms with Crippen LogP contribution in [0.3, 0.4) is 0 Å². The highest BCUT2D eigenvalue weighted by atomic mass is 16.2. The number of unbranched alkanes of at least 4 members (excludes halogenated alkanes) is 1. The first-order valence-electron chi connectivity index (χ1n) is 4.63. The van der Waals surface area contributed by atoms with Crippen LogP contribution in [0.5, 0.6) is 0 Å². The van der Waals surface area contributed by atoms with E-state index in [-0.39, 0.29) is 11.8 Å². The van der Waals surface area contributed by atoms with Crippen molar-refractivity contribution in [3.8, 4) is 0 Å². The smallest absolute Gasteiger partial charge is 0.256 e. The normalized spacial score (nSPS) is 17.6. The van der Waals surface area contributed by atoms with Gasteiger partial charge >= 0.3 is 0 Å². The molecule has 1 aliphatic heterocycles. The van der Waals surface area contributed by atoms with E-state index in [1.54, 1.807) is 13.8 Å². The molecule has 1 rings (SSSR count). The molecule has 0 fully saturated rings. The summed E-state index contributed by atoms with van der Waals surface area (Å²) in [7, 11) is 0. The second-order valence-electron chi connectivity index (χ2n) is 3.37. The van der Waals surface area contributed by atoms with Gasteiger partial charge in [-0.3, -0.25) is 14.5 Å². The van der Waals surface area contributed by atoms with Crippen LogP contribution < -0.4 is 0 Å². The largest absolute Gasteiger partial charge is 0.275 e. The molecule has 0 aliphatic carbocycles. The number of nitrogens with zero attached hydrogens (tertiary/aromatic N) is 1. The summed E-state index contributed by atoms with van der Waals surface area (Å²) >= 11 is 0. The first-order valence-corrected chi connectivity index (χ1v) is 4.63. The summed E-state index contributed by atoms with van der Waals surface area (Å²) in [6, 6.07) is 0. The van der Waals surface area contributed by atoms with Gasteiger partial charge in [-0.1, -0.05) is 13.3 Å². The lowest BCUT2D eigenvalue weighted by atomic mass is 10.2. The predicted molar refractivity (Wildman–Crippen MR) is 50.0 cm³/mol. The lowest BCUT2D eigenvalue weighted by Crippen LogP contribution is -2.32. The van der Waals surface area contributed by atoms with E-state index < -0.39 is 0 Å². The lowest BCUT2D eigenvalue weighted by Gasteiger charge is -2.13. The van der Waals surface area contributed by atoms with Gasteiger partial charge in [0.2, 0.25) is 0 Å². The van der Waals surface area contributed by atoms with Gasteiger partial charge in [-0.05, 0) is 20.3 Å². The van der Waals surface area contributed by atoms with E-state index in [1.807, 2.05) is 6.92 Å². The SMILES string of the molecule is CCCCN1C(=O)C(C)=C(C)C1=O. The van der Waals surface area contributed by atoms with Gasteiger partial charge in [-0.2, -0.15) is 0 Å². The molecule has 1 heterocycles. The summed E-state index contributed by atoms with van der Waals surface area (Å²) in [6.45, 7) is 6.02. The highest BCUT2D eigenvalue weighted by Crippen LogP contribution is 2.19. The predicted octanol–water partition coefficient (Wildman–Crippen LogP) is 1.49. The highest BCUT2D eigenvalue weighted by Gasteiger charge is 2.32. The van der Waals surface area contributed by atoms with E-state index in [2.05, 4.69) is 0 Å². The Labute approximate surface area is 78.4 Å². The van der Waals surface area contributed by atoms with Crippen molar-refractivity contribution in [3.63, 3.8) is 0 Å². The van der Waals surface area contributed by atoms with Gasteiger partial charge in [0.15, 0.2) is 0 Å². The molecule has 0 aromatic heterocycles. The van der Waals surface area contributed by atoms with E-state index in [1.165, 1.54) is 4.90 Å². The van der Waals surface area contributed by atoms with Crippen LogP contribution in [0, 0.1) is 0 Å². The Morgan fingerprint density at radius 1 is 1.08 bits per heavy atom. The molecule has 0 spiro atoms. The first kappa shape index (κ1) is 9.96. The van der Waals surface area contributed by atoms with Crippen molar-refractivity contribution in [1.29, 1.82) is 0 Å². The maximum atomic E-state index is 11.5. The van der Waals surface area contributed by atoms with E-state index >= 15 is 0 Å². The van der Waals surface area contributed by atoms with Crippen LogP contribution >= 0.6 is 0 Å². The van der Waals surface area contributed by atoms with Gasteiger partial charge in [0.1, 0.15) is 0 Å². The van der Waals surface area contributed by atoms with Crippen LogP contribution in [0.1, 0.15) is 33.6 Å². The molecule has 13 heavy (non-hydrogen) atoms. The average Bonchev–Trinajstić information content (AvgIpc) is 2.30. The zero-order chi connectivity index (χ0) is 10.0. The Balaban J connectivity index is 2.73. The minimum absolute atomic E-state index is 0.115. The van der Waals surface area contributed by atoms with Gasteiger partial charge in [-0.15, -0.1) is 0 Å². The summed E-state index contributed by atoms with van der Waals surface area (Å²) in [6.07, 6.45) is 1.88. The number of carbonyl (C=O) groups excluding carboxylic acids is 2. The van der Waals surface area contributed by atoms with Gasteiger partial charge in [-0.25, -0.2) is 0 Å². The van der Waals surface area contributed by atoms with Crippen molar-refractivity contribution >= 4 is 11.8 Å². The molecule has 3 heteroatoms. The molecule has 0 saturated carbocycles. The molecule has 0 saturated heterocycles. The second kappa shape index (κ2) is 3.73. The maximum absolute atomic E-state index is 11.5. The van der Waals surface area contributed by atoms with Crippen molar-refractivity contribution in [3.05, 3.63) is 11.1 Å². The van der Waals surface area contributed by atoms with Crippen molar-refractivity contribution in [2.24, 2.45) is 0 Å². The zero-order valence-corrected chi connectivity index (χ0v) is 8.39. The molecule has 2 amide bonds. The molecule has 0 aromatic rings. The monoisotopic (exact) mass is 181 g/mol. The first-order chi connectivity index (χ1) is 6.09. The van der Waals surface area contributed by atoms with Gasteiger partial charge in [0.25, 0.3) is 11.8 Å². The molecule has 72 valence electrons. The summed E-state index contributed by atoms with van der Waals surface area (Å²) < 4.78 is 0. The molecule has 0 radical (unpaired) electrons. The number of amides is 2. The minimum Gasteiger partial charge on any atom is -0.275 e. The minimum atomic E-state index is -0.115. The standard InChI is InChI=1S/C10H15NO2/c1-4-5-6-11-9(12)7(2)8(3)10(11)13/h4-6H2,1-3H3. The molecule has 0 unspecified atom stereocenters. The van der Waals surface area contributed by atoms with Gasteiger partial charge < -0.3 is 0 Å². The van der Waals surface area contributed by atoms with Gasteiger partial charge in [0.05, 0.1) is 0 Å². The van der Waals surface area contributed by atoms with E-state index in [9.17, 15) is 9.59 Å². The summed E-state index contributed by atoms with van der Waals surface area (Å²) in [5, 5.41) is 0. The van der Waals surface area contributed by atoms with Crippen LogP contribution in [0.15, 0.2) is 11.1 Å². The van der Waals surface area contributed by atoms with Crippen LogP contribution in [0.25, 0.3) is 0 Å². The quantitative estimate of drug-likeness (QED) is 0.618. The van der Waals surface area contributed by atoms with Crippen LogP contribution in [-0.4, -0.2) is 23.3 Å². The van der Waals surface area contributed by atoms with Crippen molar-refractivity contribution in [2.75, 3.05) is 6.54 Å². The maximum Gasteiger partial charge on any atom is 0.256 e. The lowest BCUT2D eigenvalue weighted by molar-refractivity contribution is -0.137. The Hall–Kier alpha value is -1.12. The number of hydrogen-bond donors (Lipinski definition) is 0. The number of carbonyl (C=O) groups is 2. The van der Waals surface area contributed by atoms with Gasteiger partial charge in [0, 0.05) is 17.7 Å². The van der Waals surface area contributed by atoms with E-state index in [0.717, 1.165) is 12.8 Å². The van der Waals surface area contributed by atoms with Crippen LogP contribution in [-0.2, 0) is 9.59 Å². The van der Waals surface area contributed by atoms with Crippen molar-refractivity contribution in [2.45, 2.75) is 33.6 Å². The Bertz CT molecular complexity index is 255. The van der Waals surface area contributed by atoms with E-state index in [0.29, 0.717) is 17.7 Å². The van der Waals surface area contributed by atoms with Crippen LogP contribution in [0.4, 0.5) is 0 Å². The molecule has 0 N–H and O–H groups in total. The second-order valence-corrected chi connectivity index (χ2v) is 3.37. The fourth-order valence-electron chi connectivity index (χ4n) is 1.34. The molecule has 1 aliphatic rings. The highest BCUT2D eigenvalue weighted by molar-refractivity contribution is 6.18. The summed E-state index contributed by atoms with van der Waals surface area (Å²) in [5.41, 5.74) is 1.20. The Morgan fingerprint density at radius 3 is 1.92 bits per heavy atom. The number of hydrogen-bond acceptors (Lipinski definition) is 2. The van der Waals surface area contributed by atoms with Crippen LogP contribution in [0.2, 0.25) is 0 Å². The summed E-state index contributed by atoms with van der Waals surface area (Å²) in [4.78, 5) is 24.3. The Kier molecular flexibility index (Phi) is 2.86. The average molecular weight is 181 g/mol. The molecular weight excluding hydrogens is 166 g/mol. The fourth-order valence-corrected chi connectivity index (χ4v) is 1.34. The third-order valence-electron chi connectivity index (χ3n) is 2.43. The number of rotatable bonds is 3. The molecule has 0 bridgehead atoms. The van der Waals surface area contributed by atoms with Crippen molar-refractivity contribution < 1.29 is 9.59 Å². The summed E-state index contributed by atoms with van der Waals surface area (Å²) in [5.74, 6) is -0.230. The number of imide groups is 1. The Morgan fingerprint density at radius 2 is 1.54 bits per heavy atom. The molecule has 0 aromatic carbocycles. The fraction of sp³-hybridized carbons (Fsp3) is 0.600. The third-order valence-corrected chi connectivity index (χ3v) is 2.43. The molecule has 0 atom stereocenters. The van der Waals surface area contributed by atoms with E-state index in [4.69, 9.17) is 0 Å². The topological polar surface area (TPSA) is 37.4 Å². The van der Waals surface area contributed by atoms with Crippen molar-refractivity contribution in [1.82, 2.24) is 4.90 Å². The zero-order valence-electron chi connectivity index (χ0n) is 8.39. The third kappa shape index (κ3) is 1.64.